The molecule has 1 saturated carbocycles. The van der Waals surface area contributed by atoms with Gasteiger partial charge < -0.3 is 5.73 Å². The summed E-state index contributed by atoms with van der Waals surface area (Å²) in [6, 6.07) is 0. The maximum atomic E-state index is 5.58. The fourth-order valence-corrected chi connectivity index (χ4v) is 3.60. The topological polar surface area (TPSA) is 51.8 Å². The lowest BCUT2D eigenvalue weighted by molar-refractivity contribution is 0.303. The van der Waals surface area contributed by atoms with Gasteiger partial charge >= 0.3 is 0 Å². The zero-order chi connectivity index (χ0) is 12.1. The Bertz CT molecular complexity index is 329. The Morgan fingerprint density at radius 1 is 1.24 bits per heavy atom. The number of nitrogens with two attached hydrogens (primary N) is 1. The summed E-state index contributed by atoms with van der Waals surface area (Å²) >= 11 is 1.71. The first-order valence-electron chi connectivity index (χ1n) is 6.85. The van der Waals surface area contributed by atoms with E-state index in [0.29, 0.717) is 12.5 Å². The van der Waals surface area contributed by atoms with Gasteiger partial charge in [0.25, 0.3) is 0 Å². The predicted octanol–water partition coefficient (Wildman–Crippen LogP) is 3.46. The van der Waals surface area contributed by atoms with Gasteiger partial charge in [0.2, 0.25) is 0 Å². The molecule has 17 heavy (non-hydrogen) atoms. The van der Waals surface area contributed by atoms with Gasteiger partial charge in [-0.1, -0.05) is 37.5 Å². The molecule has 0 bridgehead atoms. The minimum atomic E-state index is 0.531. The maximum Gasteiger partial charge on any atom is 0.131 e. The van der Waals surface area contributed by atoms with Gasteiger partial charge in [-0.3, -0.25) is 0 Å². The van der Waals surface area contributed by atoms with E-state index in [1.807, 2.05) is 0 Å². The molecule has 0 atom stereocenters. The molecule has 96 valence electrons. The minimum absolute atomic E-state index is 0.531. The molecule has 0 aliphatic heterocycles. The lowest BCUT2D eigenvalue weighted by Crippen LogP contribution is -2.13. The highest BCUT2D eigenvalue weighted by Crippen LogP contribution is 2.38. The zero-order valence-corrected chi connectivity index (χ0v) is 11.5. The van der Waals surface area contributed by atoms with Crippen molar-refractivity contribution in [3.8, 4) is 0 Å². The molecule has 1 aromatic heterocycles. The second kappa shape index (κ2) is 6.45. The van der Waals surface area contributed by atoms with E-state index in [0.717, 1.165) is 10.9 Å². The highest BCUT2D eigenvalue weighted by atomic mass is 32.1. The molecule has 0 saturated heterocycles. The molecule has 0 amide bonds. The van der Waals surface area contributed by atoms with Crippen LogP contribution < -0.4 is 5.73 Å². The van der Waals surface area contributed by atoms with Crippen molar-refractivity contribution in [3.05, 3.63) is 10.0 Å². The predicted molar refractivity (Wildman–Crippen MR) is 72.0 cm³/mol. The smallest absolute Gasteiger partial charge is 0.131 e. The summed E-state index contributed by atoms with van der Waals surface area (Å²) in [6.07, 6.45) is 9.50. The molecule has 1 heterocycles. The SMILES string of the molecule is CCCCC1CCC(c2nnc(CN)s2)CC1. The summed E-state index contributed by atoms with van der Waals surface area (Å²) in [5, 5.41) is 10.6. The summed E-state index contributed by atoms with van der Waals surface area (Å²) in [4.78, 5) is 0. The summed E-state index contributed by atoms with van der Waals surface area (Å²) in [5.74, 6) is 1.62. The third kappa shape index (κ3) is 3.49. The lowest BCUT2D eigenvalue weighted by Gasteiger charge is -2.26. The average molecular weight is 253 g/mol. The van der Waals surface area contributed by atoms with Crippen LogP contribution in [0.2, 0.25) is 0 Å². The van der Waals surface area contributed by atoms with Crippen LogP contribution in [-0.4, -0.2) is 10.2 Å². The molecule has 1 fully saturated rings. The zero-order valence-electron chi connectivity index (χ0n) is 10.7. The summed E-state index contributed by atoms with van der Waals surface area (Å²) in [7, 11) is 0. The van der Waals surface area contributed by atoms with Crippen molar-refractivity contribution >= 4 is 11.3 Å². The fraction of sp³-hybridized carbons (Fsp3) is 0.846. The van der Waals surface area contributed by atoms with E-state index in [9.17, 15) is 0 Å². The molecule has 0 aromatic carbocycles. The van der Waals surface area contributed by atoms with Crippen molar-refractivity contribution in [2.24, 2.45) is 11.7 Å². The van der Waals surface area contributed by atoms with Crippen LogP contribution in [0, 0.1) is 5.92 Å². The van der Waals surface area contributed by atoms with Gasteiger partial charge in [0.15, 0.2) is 0 Å². The van der Waals surface area contributed by atoms with Gasteiger partial charge in [0.05, 0.1) is 0 Å². The summed E-state index contributed by atoms with van der Waals surface area (Å²) < 4.78 is 0. The number of hydrogen-bond donors (Lipinski definition) is 1. The average Bonchev–Trinajstić information content (AvgIpc) is 2.86. The quantitative estimate of drug-likeness (QED) is 0.874. The van der Waals surface area contributed by atoms with Crippen LogP contribution in [0.4, 0.5) is 0 Å². The molecular weight excluding hydrogens is 230 g/mol. The van der Waals surface area contributed by atoms with E-state index in [1.54, 1.807) is 11.3 Å². The Kier molecular flexibility index (Phi) is 4.92. The van der Waals surface area contributed by atoms with Crippen LogP contribution in [0.1, 0.15) is 67.8 Å². The Labute approximate surface area is 108 Å². The highest BCUT2D eigenvalue weighted by Gasteiger charge is 2.24. The maximum absolute atomic E-state index is 5.58. The van der Waals surface area contributed by atoms with Crippen molar-refractivity contribution in [1.82, 2.24) is 10.2 Å². The Hall–Kier alpha value is -0.480. The molecule has 1 aliphatic carbocycles. The first-order chi connectivity index (χ1) is 8.33. The molecule has 0 unspecified atom stereocenters. The van der Waals surface area contributed by atoms with E-state index in [1.165, 1.54) is 50.0 Å². The van der Waals surface area contributed by atoms with Gasteiger partial charge in [-0.15, -0.1) is 10.2 Å². The number of hydrogen-bond acceptors (Lipinski definition) is 4. The summed E-state index contributed by atoms with van der Waals surface area (Å²) in [6.45, 7) is 2.81. The monoisotopic (exact) mass is 253 g/mol. The van der Waals surface area contributed by atoms with Crippen molar-refractivity contribution in [1.29, 1.82) is 0 Å². The third-order valence-electron chi connectivity index (χ3n) is 3.82. The van der Waals surface area contributed by atoms with Crippen LogP contribution >= 0.6 is 11.3 Å². The first kappa shape index (κ1) is 13.0. The van der Waals surface area contributed by atoms with Crippen LogP contribution in [0.5, 0.6) is 0 Å². The van der Waals surface area contributed by atoms with E-state index >= 15 is 0 Å². The number of aromatic nitrogens is 2. The van der Waals surface area contributed by atoms with Crippen LogP contribution in [0.3, 0.4) is 0 Å². The largest absolute Gasteiger partial charge is 0.324 e. The van der Waals surface area contributed by atoms with E-state index < -0.39 is 0 Å². The first-order valence-corrected chi connectivity index (χ1v) is 7.67. The molecule has 4 heteroatoms. The van der Waals surface area contributed by atoms with Crippen molar-refractivity contribution < 1.29 is 0 Å². The highest BCUT2D eigenvalue weighted by molar-refractivity contribution is 7.11. The normalized spacial score (nSPS) is 25.1. The van der Waals surface area contributed by atoms with Crippen LogP contribution in [0.15, 0.2) is 0 Å². The Morgan fingerprint density at radius 3 is 2.59 bits per heavy atom. The fourth-order valence-electron chi connectivity index (χ4n) is 2.70. The number of rotatable bonds is 5. The molecular formula is C13H23N3S. The van der Waals surface area contributed by atoms with Crippen LogP contribution in [0.25, 0.3) is 0 Å². The Morgan fingerprint density at radius 2 is 2.00 bits per heavy atom. The van der Waals surface area contributed by atoms with Gasteiger partial charge in [-0.05, 0) is 31.6 Å². The number of unbranched alkanes of at least 4 members (excludes halogenated alkanes) is 1. The number of nitrogens with zero attached hydrogens (tertiary/aromatic N) is 2. The summed E-state index contributed by atoms with van der Waals surface area (Å²) in [5.41, 5.74) is 5.58. The molecule has 3 nitrogen and oxygen atoms in total. The third-order valence-corrected chi connectivity index (χ3v) is 4.93. The molecule has 1 aromatic rings. The van der Waals surface area contributed by atoms with Gasteiger partial charge in [-0.2, -0.15) is 0 Å². The second-order valence-corrected chi connectivity index (χ2v) is 6.19. The minimum Gasteiger partial charge on any atom is -0.324 e. The molecule has 0 spiro atoms. The second-order valence-electron chi connectivity index (χ2n) is 5.10. The van der Waals surface area contributed by atoms with Crippen molar-refractivity contribution in [2.45, 2.75) is 64.3 Å². The van der Waals surface area contributed by atoms with Crippen LogP contribution in [-0.2, 0) is 6.54 Å². The Balaban J connectivity index is 1.82. The van der Waals surface area contributed by atoms with E-state index in [2.05, 4.69) is 17.1 Å². The van der Waals surface area contributed by atoms with Gasteiger partial charge in [0.1, 0.15) is 10.0 Å². The van der Waals surface area contributed by atoms with Gasteiger partial charge in [-0.25, -0.2) is 0 Å². The van der Waals surface area contributed by atoms with Gasteiger partial charge in [0, 0.05) is 12.5 Å². The molecule has 0 radical (unpaired) electrons. The standard InChI is InChI=1S/C13H23N3S/c1-2-3-4-10-5-7-11(8-6-10)13-16-15-12(9-14)17-13/h10-11H,2-9,14H2,1H3. The van der Waals surface area contributed by atoms with E-state index in [-0.39, 0.29) is 0 Å². The van der Waals surface area contributed by atoms with Crippen molar-refractivity contribution in [3.63, 3.8) is 0 Å². The molecule has 1 aliphatic rings. The van der Waals surface area contributed by atoms with E-state index in [4.69, 9.17) is 5.73 Å². The lowest BCUT2D eigenvalue weighted by atomic mass is 9.80. The molecule has 2 rings (SSSR count). The van der Waals surface area contributed by atoms with Crippen molar-refractivity contribution in [2.75, 3.05) is 0 Å². The molecule has 2 N–H and O–H groups in total.